The zero-order valence-corrected chi connectivity index (χ0v) is 16.7. The number of hydrogen-bond acceptors (Lipinski definition) is 3. The third-order valence-electron chi connectivity index (χ3n) is 4.41. The van der Waals surface area contributed by atoms with Gasteiger partial charge in [0, 0.05) is 31.2 Å². The van der Waals surface area contributed by atoms with Gasteiger partial charge < -0.3 is 15.1 Å². The normalized spacial score (nSPS) is 19.9. The molecule has 0 radical (unpaired) electrons. The van der Waals surface area contributed by atoms with Gasteiger partial charge in [-0.15, -0.1) is 11.8 Å². The Morgan fingerprint density at radius 2 is 2.08 bits per heavy atom. The molecule has 5 nitrogen and oxygen atoms in total. The molecule has 2 atom stereocenters. The average Bonchev–Trinajstić information content (AvgIpc) is 2.88. The second-order valence-corrected chi connectivity index (χ2v) is 8.13. The van der Waals surface area contributed by atoms with E-state index in [1.54, 1.807) is 28.0 Å². The molecule has 7 heteroatoms. The SMILES string of the molecule is CCCNC(=O)N(CCN1C(=O)[C@H](C)S[C@H]1c1ccccc1F)C(C)C. The van der Waals surface area contributed by atoms with Crippen molar-refractivity contribution < 1.29 is 14.0 Å². The van der Waals surface area contributed by atoms with Crippen LogP contribution in [0.25, 0.3) is 0 Å². The molecule has 1 fully saturated rings. The van der Waals surface area contributed by atoms with E-state index in [0.29, 0.717) is 25.2 Å². The molecule has 1 aliphatic rings. The number of thioether (sulfide) groups is 1. The Balaban J connectivity index is 2.12. The van der Waals surface area contributed by atoms with Crippen LogP contribution in [0, 0.1) is 5.82 Å². The summed E-state index contributed by atoms with van der Waals surface area (Å²) < 4.78 is 14.2. The number of halogens is 1. The van der Waals surface area contributed by atoms with Crippen LogP contribution in [0.3, 0.4) is 0 Å². The van der Waals surface area contributed by atoms with Crippen LogP contribution >= 0.6 is 11.8 Å². The van der Waals surface area contributed by atoms with Gasteiger partial charge in [-0.1, -0.05) is 25.1 Å². The van der Waals surface area contributed by atoms with Gasteiger partial charge >= 0.3 is 6.03 Å². The molecule has 0 spiro atoms. The van der Waals surface area contributed by atoms with Crippen molar-refractivity contribution in [3.05, 3.63) is 35.6 Å². The number of carbonyl (C=O) groups excluding carboxylic acids is 2. The highest BCUT2D eigenvalue weighted by atomic mass is 32.2. The smallest absolute Gasteiger partial charge is 0.317 e. The third-order valence-corrected chi connectivity index (χ3v) is 5.79. The zero-order valence-electron chi connectivity index (χ0n) is 15.9. The Hall–Kier alpha value is -1.76. The number of rotatable bonds is 7. The highest BCUT2D eigenvalue weighted by Crippen LogP contribution is 2.43. The predicted molar refractivity (Wildman–Crippen MR) is 103 cm³/mol. The van der Waals surface area contributed by atoms with Gasteiger partial charge in [-0.05, 0) is 33.3 Å². The monoisotopic (exact) mass is 381 g/mol. The Kier molecular flexibility index (Phi) is 7.32. The summed E-state index contributed by atoms with van der Waals surface area (Å²) in [6.45, 7) is 9.15. The summed E-state index contributed by atoms with van der Waals surface area (Å²) in [7, 11) is 0. The van der Waals surface area contributed by atoms with Crippen LogP contribution < -0.4 is 5.32 Å². The zero-order chi connectivity index (χ0) is 19.3. The molecule has 144 valence electrons. The fraction of sp³-hybridized carbons (Fsp3) is 0.579. The summed E-state index contributed by atoms with van der Waals surface area (Å²) in [6.07, 6.45) is 0.867. The molecular weight excluding hydrogens is 353 g/mol. The first-order valence-corrected chi connectivity index (χ1v) is 10.1. The van der Waals surface area contributed by atoms with E-state index in [2.05, 4.69) is 5.32 Å². The molecule has 26 heavy (non-hydrogen) atoms. The lowest BCUT2D eigenvalue weighted by Gasteiger charge is -2.31. The summed E-state index contributed by atoms with van der Waals surface area (Å²) in [5.74, 6) is -0.320. The van der Waals surface area contributed by atoms with Crippen molar-refractivity contribution in [2.24, 2.45) is 0 Å². The van der Waals surface area contributed by atoms with Gasteiger partial charge in [-0.25, -0.2) is 9.18 Å². The fourth-order valence-corrected chi connectivity index (χ4v) is 4.29. The van der Waals surface area contributed by atoms with Crippen molar-refractivity contribution in [1.29, 1.82) is 0 Å². The molecule has 3 amide bonds. The third kappa shape index (κ3) is 4.69. The Morgan fingerprint density at radius 3 is 2.69 bits per heavy atom. The largest absolute Gasteiger partial charge is 0.338 e. The minimum atomic E-state index is -0.355. The van der Waals surface area contributed by atoms with Gasteiger partial charge in [0.05, 0.1) is 5.25 Å². The van der Waals surface area contributed by atoms with Crippen LogP contribution in [0.2, 0.25) is 0 Å². The molecule has 0 aromatic heterocycles. The van der Waals surface area contributed by atoms with E-state index >= 15 is 0 Å². The molecular formula is C19H28FN3O2S. The van der Waals surface area contributed by atoms with Crippen molar-refractivity contribution in [2.45, 2.75) is 50.8 Å². The summed E-state index contributed by atoms with van der Waals surface area (Å²) in [5.41, 5.74) is 0.515. The minimum Gasteiger partial charge on any atom is -0.338 e. The molecule has 0 saturated carbocycles. The number of nitrogens with zero attached hydrogens (tertiary/aromatic N) is 2. The van der Waals surface area contributed by atoms with Gasteiger partial charge in [0.15, 0.2) is 0 Å². The fourth-order valence-electron chi connectivity index (χ4n) is 2.96. The lowest BCUT2D eigenvalue weighted by atomic mass is 10.2. The Labute approximate surface area is 159 Å². The number of hydrogen-bond donors (Lipinski definition) is 1. The predicted octanol–water partition coefficient (Wildman–Crippen LogP) is 3.62. The van der Waals surface area contributed by atoms with E-state index < -0.39 is 0 Å². The lowest BCUT2D eigenvalue weighted by molar-refractivity contribution is -0.130. The molecule has 1 N–H and O–H groups in total. The molecule has 1 aromatic carbocycles. The quantitative estimate of drug-likeness (QED) is 0.785. The molecule has 0 aliphatic carbocycles. The van der Waals surface area contributed by atoms with Crippen LogP contribution in [0.5, 0.6) is 0 Å². The van der Waals surface area contributed by atoms with Crippen molar-refractivity contribution in [3.8, 4) is 0 Å². The number of carbonyl (C=O) groups is 2. The Morgan fingerprint density at radius 1 is 1.38 bits per heavy atom. The molecule has 1 aliphatic heterocycles. The number of nitrogens with one attached hydrogen (secondary N) is 1. The van der Waals surface area contributed by atoms with Gasteiger partial charge in [-0.3, -0.25) is 4.79 Å². The first-order chi connectivity index (χ1) is 12.4. The van der Waals surface area contributed by atoms with E-state index in [9.17, 15) is 14.0 Å². The summed E-state index contributed by atoms with van der Waals surface area (Å²) in [6, 6.07) is 6.45. The minimum absolute atomic E-state index is 0.0130. The van der Waals surface area contributed by atoms with Crippen molar-refractivity contribution in [1.82, 2.24) is 15.1 Å². The summed E-state index contributed by atoms with van der Waals surface area (Å²) in [5, 5.41) is 2.30. The van der Waals surface area contributed by atoms with Gasteiger partial charge in [0.1, 0.15) is 11.2 Å². The molecule has 1 aromatic rings. The highest BCUT2D eigenvalue weighted by Gasteiger charge is 2.39. The first-order valence-electron chi connectivity index (χ1n) is 9.11. The lowest BCUT2D eigenvalue weighted by Crippen LogP contribution is -2.48. The maximum Gasteiger partial charge on any atom is 0.317 e. The summed E-state index contributed by atoms with van der Waals surface area (Å²) >= 11 is 1.45. The molecule has 1 heterocycles. The van der Waals surface area contributed by atoms with E-state index in [4.69, 9.17) is 0 Å². The molecule has 0 unspecified atom stereocenters. The van der Waals surface area contributed by atoms with E-state index in [1.165, 1.54) is 17.8 Å². The van der Waals surface area contributed by atoms with Crippen molar-refractivity contribution >= 4 is 23.7 Å². The Bertz CT molecular complexity index is 641. The van der Waals surface area contributed by atoms with Crippen LogP contribution in [-0.4, -0.2) is 52.7 Å². The molecule has 1 saturated heterocycles. The van der Waals surface area contributed by atoms with E-state index in [0.717, 1.165) is 6.42 Å². The second kappa shape index (κ2) is 9.26. The number of urea groups is 1. The summed E-state index contributed by atoms with van der Waals surface area (Å²) in [4.78, 5) is 28.3. The van der Waals surface area contributed by atoms with Crippen molar-refractivity contribution in [2.75, 3.05) is 19.6 Å². The molecule has 0 bridgehead atoms. The second-order valence-electron chi connectivity index (χ2n) is 6.70. The average molecular weight is 382 g/mol. The topological polar surface area (TPSA) is 52.7 Å². The van der Waals surface area contributed by atoms with E-state index in [1.807, 2.05) is 27.7 Å². The first kappa shape index (κ1) is 20.6. The number of amides is 3. The van der Waals surface area contributed by atoms with Crippen LogP contribution in [-0.2, 0) is 4.79 Å². The van der Waals surface area contributed by atoms with Gasteiger partial charge in [0.2, 0.25) is 5.91 Å². The van der Waals surface area contributed by atoms with Gasteiger partial charge in [0.25, 0.3) is 0 Å². The van der Waals surface area contributed by atoms with Crippen LogP contribution in [0.4, 0.5) is 9.18 Å². The van der Waals surface area contributed by atoms with Crippen LogP contribution in [0.1, 0.15) is 45.1 Å². The standard InChI is InChI=1S/C19H28FN3O2S/c1-5-10-21-19(25)22(13(2)3)11-12-23-17(24)14(4)26-18(23)15-8-6-7-9-16(15)20/h6-9,13-14,18H,5,10-12H2,1-4H3,(H,21,25)/t14-,18-/m0/s1. The van der Waals surface area contributed by atoms with Crippen LogP contribution in [0.15, 0.2) is 24.3 Å². The highest BCUT2D eigenvalue weighted by molar-refractivity contribution is 8.01. The maximum atomic E-state index is 14.2. The van der Waals surface area contributed by atoms with Gasteiger partial charge in [-0.2, -0.15) is 0 Å². The maximum absolute atomic E-state index is 14.2. The molecule has 2 rings (SSSR count). The number of benzene rings is 1. The van der Waals surface area contributed by atoms with Crippen molar-refractivity contribution in [3.63, 3.8) is 0 Å². The van der Waals surface area contributed by atoms with E-state index in [-0.39, 0.29) is 34.4 Å².